The molecule has 4 heteroatoms. The van der Waals surface area contributed by atoms with Gasteiger partial charge in [0.15, 0.2) is 11.6 Å². The van der Waals surface area contributed by atoms with E-state index in [-0.39, 0.29) is 11.5 Å². The van der Waals surface area contributed by atoms with Crippen LogP contribution in [0, 0.1) is 11.3 Å². The lowest BCUT2D eigenvalue weighted by atomic mass is 9.74. The lowest BCUT2D eigenvalue weighted by Crippen LogP contribution is -2.43. The van der Waals surface area contributed by atoms with Gasteiger partial charge in [-0.3, -0.25) is 0 Å². The van der Waals surface area contributed by atoms with Gasteiger partial charge in [0, 0.05) is 36.5 Å². The SMILES string of the molecule is CCCN1c2ccc3ccccc3c2C(C)(CC#N)C1/C=C1\Oc2c(ccc3ccccc23)N1C. The Morgan fingerprint density at radius 1 is 0.943 bits per heavy atom. The Morgan fingerprint density at radius 3 is 2.31 bits per heavy atom. The Bertz CT molecular complexity index is 1530. The molecule has 0 fully saturated rings. The van der Waals surface area contributed by atoms with Crippen LogP contribution in [-0.2, 0) is 5.41 Å². The van der Waals surface area contributed by atoms with Crippen LogP contribution in [0.2, 0.25) is 0 Å². The fraction of sp³-hybridized carbons (Fsp3) is 0.258. The van der Waals surface area contributed by atoms with E-state index in [1.54, 1.807) is 0 Å². The maximum Gasteiger partial charge on any atom is 0.198 e. The van der Waals surface area contributed by atoms with E-state index in [0.29, 0.717) is 6.42 Å². The van der Waals surface area contributed by atoms with E-state index in [1.807, 2.05) is 0 Å². The molecule has 0 saturated carbocycles. The first-order valence-electron chi connectivity index (χ1n) is 12.4. The quantitative estimate of drug-likeness (QED) is 0.325. The minimum atomic E-state index is -0.367. The summed E-state index contributed by atoms with van der Waals surface area (Å²) in [7, 11) is 2.07. The average molecular weight is 460 g/mol. The fourth-order valence-corrected chi connectivity index (χ4v) is 6.05. The second kappa shape index (κ2) is 8.06. The summed E-state index contributed by atoms with van der Waals surface area (Å²) >= 11 is 0. The number of nitriles is 1. The molecule has 0 aliphatic carbocycles. The van der Waals surface area contributed by atoms with Crippen molar-refractivity contribution in [3.8, 4) is 11.8 Å². The largest absolute Gasteiger partial charge is 0.438 e. The van der Waals surface area contributed by atoms with Crippen LogP contribution in [0.4, 0.5) is 11.4 Å². The van der Waals surface area contributed by atoms with Crippen molar-refractivity contribution in [2.45, 2.75) is 38.1 Å². The van der Waals surface area contributed by atoms with Gasteiger partial charge in [-0.2, -0.15) is 5.26 Å². The normalized spacial score (nSPS) is 21.9. The molecular formula is C31H29N3O. The van der Waals surface area contributed by atoms with Crippen LogP contribution in [0.25, 0.3) is 21.5 Å². The number of nitrogens with zero attached hydrogens (tertiary/aromatic N) is 3. The highest BCUT2D eigenvalue weighted by Crippen LogP contribution is 2.52. The van der Waals surface area contributed by atoms with Crippen molar-refractivity contribution in [1.29, 1.82) is 5.26 Å². The molecule has 6 rings (SSSR count). The van der Waals surface area contributed by atoms with Gasteiger partial charge in [0.1, 0.15) is 0 Å². The molecule has 0 spiro atoms. The highest BCUT2D eigenvalue weighted by molar-refractivity contribution is 5.96. The average Bonchev–Trinajstić information content (AvgIpc) is 3.32. The van der Waals surface area contributed by atoms with E-state index in [1.165, 1.54) is 27.4 Å². The number of benzene rings is 4. The first-order chi connectivity index (χ1) is 17.1. The third-order valence-corrected chi connectivity index (χ3v) is 7.74. The van der Waals surface area contributed by atoms with Crippen LogP contribution in [0.3, 0.4) is 0 Å². The van der Waals surface area contributed by atoms with E-state index in [4.69, 9.17) is 4.74 Å². The molecule has 4 nitrogen and oxygen atoms in total. The standard InChI is InChI=1S/C31H29N3O/c1-4-19-34-25-15-13-21-9-5-7-11-23(21)29(25)31(2,17-18-32)27(34)20-28-33(3)26-16-14-22-10-6-8-12-24(22)30(26)35-28/h5-16,20,27H,4,17,19H2,1-3H3/b28-20-. The Hall–Kier alpha value is -3.97. The number of ether oxygens (including phenoxy) is 1. The van der Waals surface area contributed by atoms with Crippen molar-refractivity contribution in [1.82, 2.24) is 0 Å². The molecule has 0 N–H and O–H groups in total. The van der Waals surface area contributed by atoms with Gasteiger partial charge in [0.25, 0.3) is 0 Å². The molecule has 2 atom stereocenters. The van der Waals surface area contributed by atoms with Crippen LogP contribution in [0.15, 0.2) is 84.8 Å². The minimum absolute atomic E-state index is 0.000863. The van der Waals surface area contributed by atoms with Crippen molar-refractivity contribution in [3.63, 3.8) is 0 Å². The maximum atomic E-state index is 9.97. The topological polar surface area (TPSA) is 39.5 Å². The molecule has 2 aliphatic rings. The molecular weight excluding hydrogens is 430 g/mol. The van der Waals surface area contributed by atoms with Crippen molar-refractivity contribution in [3.05, 3.63) is 90.3 Å². The Labute approximate surface area is 206 Å². The van der Waals surface area contributed by atoms with Crippen LogP contribution in [0.5, 0.6) is 5.75 Å². The lowest BCUT2D eigenvalue weighted by Gasteiger charge is -2.34. The van der Waals surface area contributed by atoms with Gasteiger partial charge in [-0.25, -0.2) is 0 Å². The van der Waals surface area contributed by atoms with Crippen molar-refractivity contribution in [2.75, 3.05) is 23.4 Å². The van der Waals surface area contributed by atoms with E-state index in [2.05, 4.69) is 116 Å². The minimum Gasteiger partial charge on any atom is -0.438 e. The molecule has 0 saturated heterocycles. The second-order valence-corrected chi connectivity index (χ2v) is 9.87. The van der Waals surface area contributed by atoms with Crippen molar-refractivity contribution >= 4 is 32.9 Å². The van der Waals surface area contributed by atoms with Gasteiger partial charge in [0.05, 0.1) is 17.8 Å². The molecule has 2 unspecified atom stereocenters. The molecule has 174 valence electrons. The number of hydrogen-bond donors (Lipinski definition) is 0. The summed E-state index contributed by atoms with van der Waals surface area (Å²) in [4.78, 5) is 4.62. The molecule has 2 heterocycles. The smallest absolute Gasteiger partial charge is 0.198 e. The summed E-state index contributed by atoms with van der Waals surface area (Å²) < 4.78 is 6.56. The van der Waals surface area contributed by atoms with Gasteiger partial charge in [0.2, 0.25) is 0 Å². The third kappa shape index (κ3) is 3.12. The molecule has 35 heavy (non-hydrogen) atoms. The number of rotatable bonds is 4. The summed E-state index contributed by atoms with van der Waals surface area (Å²) in [5, 5.41) is 14.7. The number of fused-ring (bicyclic) bond motifs is 6. The first-order valence-corrected chi connectivity index (χ1v) is 12.4. The highest BCUT2D eigenvalue weighted by atomic mass is 16.5. The molecule has 4 aromatic rings. The van der Waals surface area contributed by atoms with Crippen molar-refractivity contribution < 1.29 is 4.74 Å². The summed E-state index contributed by atoms with van der Waals surface area (Å²) in [6.07, 6.45) is 3.70. The maximum absolute atomic E-state index is 9.97. The Balaban J connectivity index is 1.52. The monoisotopic (exact) mass is 459 g/mol. The van der Waals surface area contributed by atoms with E-state index in [0.717, 1.165) is 35.7 Å². The molecule has 0 bridgehead atoms. The zero-order chi connectivity index (χ0) is 24.2. The van der Waals surface area contributed by atoms with Gasteiger partial charge in [-0.05, 0) is 46.4 Å². The zero-order valence-electron chi connectivity index (χ0n) is 20.5. The number of anilines is 2. The predicted octanol–water partition coefficient (Wildman–Crippen LogP) is 7.13. The summed E-state index contributed by atoms with van der Waals surface area (Å²) in [5.74, 6) is 1.73. The fourth-order valence-electron chi connectivity index (χ4n) is 6.05. The Kier molecular flexibility index (Phi) is 4.96. The van der Waals surface area contributed by atoms with E-state index in [9.17, 15) is 5.26 Å². The van der Waals surface area contributed by atoms with Crippen LogP contribution in [-0.4, -0.2) is 19.6 Å². The van der Waals surface area contributed by atoms with Crippen LogP contribution < -0.4 is 14.5 Å². The molecule has 0 amide bonds. The van der Waals surface area contributed by atoms with Gasteiger partial charge >= 0.3 is 0 Å². The van der Waals surface area contributed by atoms with Crippen molar-refractivity contribution in [2.24, 2.45) is 0 Å². The molecule has 0 radical (unpaired) electrons. The van der Waals surface area contributed by atoms with Gasteiger partial charge in [-0.15, -0.1) is 0 Å². The predicted molar refractivity (Wildman–Crippen MR) is 144 cm³/mol. The highest BCUT2D eigenvalue weighted by Gasteiger charge is 2.48. The summed E-state index contributed by atoms with van der Waals surface area (Å²) in [6.45, 7) is 5.38. The molecule has 4 aromatic carbocycles. The van der Waals surface area contributed by atoms with Gasteiger partial charge in [-0.1, -0.05) is 74.5 Å². The summed E-state index contributed by atoms with van der Waals surface area (Å²) in [5.41, 5.74) is 3.21. The van der Waals surface area contributed by atoms with Crippen LogP contribution >= 0.6 is 0 Å². The molecule has 2 aliphatic heterocycles. The first kappa shape index (κ1) is 21.6. The third-order valence-electron chi connectivity index (χ3n) is 7.74. The summed E-state index contributed by atoms with van der Waals surface area (Å²) in [6, 6.07) is 28.1. The Morgan fingerprint density at radius 2 is 1.60 bits per heavy atom. The van der Waals surface area contributed by atoms with Crippen LogP contribution in [0.1, 0.15) is 32.3 Å². The number of hydrogen-bond acceptors (Lipinski definition) is 4. The van der Waals surface area contributed by atoms with Gasteiger partial charge < -0.3 is 14.5 Å². The molecule has 0 aromatic heterocycles. The van der Waals surface area contributed by atoms with E-state index >= 15 is 0 Å². The van der Waals surface area contributed by atoms with E-state index < -0.39 is 0 Å². The second-order valence-electron chi connectivity index (χ2n) is 9.87. The lowest BCUT2D eigenvalue weighted by molar-refractivity contribution is 0.408. The zero-order valence-corrected chi connectivity index (χ0v) is 20.5.